The first-order valence-electron chi connectivity index (χ1n) is 4.07. The topological polar surface area (TPSA) is 104 Å². The summed E-state index contributed by atoms with van der Waals surface area (Å²) in [7, 11) is 0. The fraction of sp³-hybridized carbons (Fsp3) is 0.222. The van der Waals surface area contributed by atoms with E-state index in [1.165, 1.54) is 18.2 Å². The molecule has 5 N–H and O–H groups in total. The maximum atomic E-state index is 10.6. The summed E-state index contributed by atoms with van der Waals surface area (Å²) in [6.07, 6.45) is -3.17. The van der Waals surface area contributed by atoms with Crippen molar-refractivity contribution in [3.05, 3.63) is 28.2 Å². The van der Waals surface area contributed by atoms with Crippen LogP contribution >= 0.6 is 15.9 Å². The van der Waals surface area contributed by atoms with Gasteiger partial charge in [0.1, 0.15) is 11.9 Å². The van der Waals surface area contributed by atoms with Gasteiger partial charge in [-0.25, -0.2) is 0 Å². The lowest BCUT2D eigenvalue weighted by Crippen LogP contribution is -2.34. The molecule has 0 aliphatic carbocycles. The van der Waals surface area contributed by atoms with Crippen molar-refractivity contribution in [3.8, 4) is 5.75 Å². The third-order valence-electron chi connectivity index (χ3n) is 1.89. The third-order valence-corrected chi connectivity index (χ3v) is 2.61. The van der Waals surface area contributed by atoms with E-state index >= 15 is 0 Å². The van der Waals surface area contributed by atoms with Crippen LogP contribution < -0.4 is 5.73 Å². The van der Waals surface area contributed by atoms with Crippen molar-refractivity contribution in [1.82, 2.24) is 0 Å². The first-order chi connectivity index (χ1) is 6.93. The second-order valence-electron chi connectivity index (χ2n) is 3.00. The first kappa shape index (κ1) is 12.0. The van der Waals surface area contributed by atoms with E-state index in [0.717, 1.165) is 0 Å². The molecule has 1 aromatic rings. The van der Waals surface area contributed by atoms with Gasteiger partial charge in [-0.2, -0.15) is 0 Å². The Hall–Kier alpha value is -1.11. The van der Waals surface area contributed by atoms with Gasteiger partial charge in [0.05, 0.1) is 0 Å². The standard InChI is InChI=1S/C9H10BrNO4/c10-6-2-1-4(12)3-5(6)7(13)8(14)9(11)15/h1-3,7-8,12-14H,(H2,11,15). The largest absolute Gasteiger partial charge is 0.508 e. The van der Waals surface area contributed by atoms with Crippen molar-refractivity contribution in [2.24, 2.45) is 5.73 Å². The first-order valence-corrected chi connectivity index (χ1v) is 4.86. The molecule has 0 aromatic heterocycles. The molecule has 0 radical (unpaired) electrons. The number of benzene rings is 1. The monoisotopic (exact) mass is 275 g/mol. The fourth-order valence-electron chi connectivity index (χ4n) is 1.08. The molecule has 0 saturated heterocycles. The molecule has 0 aliphatic heterocycles. The zero-order valence-electron chi connectivity index (χ0n) is 7.59. The van der Waals surface area contributed by atoms with Gasteiger partial charge in [0.25, 0.3) is 0 Å². The highest BCUT2D eigenvalue weighted by atomic mass is 79.9. The van der Waals surface area contributed by atoms with E-state index in [2.05, 4.69) is 15.9 Å². The van der Waals surface area contributed by atoms with Crippen LogP contribution in [-0.2, 0) is 4.79 Å². The Bertz CT molecular complexity index is 382. The molecule has 1 aromatic carbocycles. The highest BCUT2D eigenvalue weighted by molar-refractivity contribution is 9.10. The van der Waals surface area contributed by atoms with Crippen molar-refractivity contribution in [3.63, 3.8) is 0 Å². The number of hydrogen-bond acceptors (Lipinski definition) is 4. The third kappa shape index (κ3) is 2.68. The van der Waals surface area contributed by atoms with E-state index in [1.54, 1.807) is 0 Å². The molecule has 0 spiro atoms. The fourth-order valence-corrected chi connectivity index (χ4v) is 1.56. The van der Waals surface area contributed by atoms with Crippen LogP contribution in [0.4, 0.5) is 0 Å². The number of phenolic OH excluding ortho intramolecular Hbond substituents is 1. The van der Waals surface area contributed by atoms with Crippen molar-refractivity contribution < 1.29 is 20.1 Å². The number of carbonyl (C=O) groups is 1. The molecular weight excluding hydrogens is 266 g/mol. The van der Waals surface area contributed by atoms with Gasteiger partial charge in [-0.1, -0.05) is 15.9 Å². The van der Waals surface area contributed by atoms with Gasteiger partial charge < -0.3 is 21.1 Å². The maximum Gasteiger partial charge on any atom is 0.249 e. The Morgan fingerprint density at radius 2 is 2.00 bits per heavy atom. The molecule has 0 heterocycles. The predicted octanol–water partition coefficient (Wildman–Crippen LogP) is 0.0343. The molecule has 2 unspecified atom stereocenters. The average molecular weight is 276 g/mol. The van der Waals surface area contributed by atoms with Gasteiger partial charge in [0.2, 0.25) is 5.91 Å². The number of rotatable bonds is 3. The number of hydrogen-bond donors (Lipinski definition) is 4. The molecule has 15 heavy (non-hydrogen) atoms. The van der Waals surface area contributed by atoms with E-state index < -0.39 is 18.1 Å². The molecule has 0 aliphatic rings. The Labute approximate surface area is 94.3 Å². The number of carbonyl (C=O) groups excluding carboxylic acids is 1. The summed E-state index contributed by atoms with van der Waals surface area (Å²) in [6.45, 7) is 0. The van der Waals surface area contributed by atoms with Gasteiger partial charge in [-0.05, 0) is 18.2 Å². The number of primary amides is 1. The minimum atomic E-state index is -1.71. The summed E-state index contributed by atoms with van der Waals surface area (Å²) >= 11 is 3.11. The van der Waals surface area contributed by atoms with Gasteiger partial charge in [0.15, 0.2) is 6.10 Å². The second-order valence-corrected chi connectivity index (χ2v) is 3.85. The minimum Gasteiger partial charge on any atom is -0.508 e. The van der Waals surface area contributed by atoms with Gasteiger partial charge in [0, 0.05) is 10.0 Å². The molecule has 82 valence electrons. The Morgan fingerprint density at radius 3 is 2.53 bits per heavy atom. The van der Waals surface area contributed by atoms with Gasteiger partial charge in [-0.15, -0.1) is 0 Å². The molecule has 2 atom stereocenters. The van der Waals surface area contributed by atoms with Crippen LogP contribution in [0.2, 0.25) is 0 Å². The minimum absolute atomic E-state index is 0.0797. The van der Waals surface area contributed by atoms with E-state index in [-0.39, 0.29) is 11.3 Å². The zero-order valence-corrected chi connectivity index (χ0v) is 9.18. The zero-order chi connectivity index (χ0) is 11.6. The maximum absolute atomic E-state index is 10.6. The lowest BCUT2D eigenvalue weighted by molar-refractivity contribution is -0.132. The van der Waals surface area contributed by atoms with Crippen molar-refractivity contribution >= 4 is 21.8 Å². The summed E-state index contributed by atoms with van der Waals surface area (Å²) in [6, 6.07) is 4.12. The molecule has 0 bridgehead atoms. The quantitative estimate of drug-likeness (QED) is 0.625. The molecule has 0 fully saturated rings. The van der Waals surface area contributed by atoms with Crippen LogP contribution in [-0.4, -0.2) is 27.3 Å². The van der Waals surface area contributed by atoms with Gasteiger partial charge >= 0.3 is 0 Å². The molecule has 5 nitrogen and oxygen atoms in total. The van der Waals surface area contributed by atoms with Crippen LogP contribution in [0.15, 0.2) is 22.7 Å². The number of aliphatic hydroxyl groups excluding tert-OH is 2. The molecule has 1 amide bonds. The SMILES string of the molecule is NC(=O)C(O)C(O)c1cc(O)ccc1Br. The van der Waals surface area contributed by atoms with E-state index in [4.69, 9.17) is 5.73 Å². The van der Waals surface area contributed by atoms with Crippen LogP contribution in [0.1, 0.15) is 11.7 Å². The Balaban J connectivity index is 3.04. The lowest BCUT2D eigenvalue weighted by atomic mass is 10.0. The summed E-state index contributed by atoms with van der Waals surface area (Å²) < 4.78 is 0.466. The van der Waals surface area contributed by atoms with E-state index in [0.29, 0.717) is 4.47 Å². The van der Waals surface area contributed by atoms with Crippen LogP contribution in [0.25, 0.3) is 0 Å². The number of halogens is 1. The molecular formula is C9H10BrNO4. The predicted molar refractivity (Wildman–Crippen MR) is 56.0 cm³/mol. The van der Waals surface area contributed by atoms with Crippen molar-refractivity contribution in [2.75, 3.05) is 0 Å². The highest BCUT2D eigenvalue weighted by Crippen LogP contribution is 2.28. The lowest BCUT2D eigenvalue weighted by Gasteiger charge is -2.16. The van der Waals surface area contributed by atoms with Crippen LogP contribution in [0, 0.1) is 0 Å². The molecule has 0 saturated carbocycles. The number of amides is 1. The van der Waals surface area contributed by atoms with Gasteiger partial charge in [-0.3, -0.25) is 4.79 Å². The summed E-state index contributed by atoms with van der Waals surface area (Å²) in [5.41, 5.74) is 5.03. The number of aliphatic hydroxyl groups is 2. The second kappa shape index (κ2) is 4.61. The number of nitrogens with two attached hydrogens (primary N) is 1. The average Bonchev–Trinajstić information content (AvgIpc) is 2.19. The summed E-state index contributed by atoms with van der Waals surface area (Å²) in [5, 5.41) is 28.0. The number of phenols is 1. The van der Waals surface area contributed by atoms with Crippen molar-refractivity contribution in [1.29, 1.82) is 0 Å². The normalized spacial score (nSPS) is 14.6. The Morgan fingerprint density at radius 1 is 1.40 bits per heavy atom. The Kier molecular flexibility index (Phi) is 3.67. The van der Waals surface area contributed by atoms with Crippen molar-refractivity contribution in [2.45, 2.75) is 12.2 Å². The van der Waals surface area contributed by atoms with E-state index in [1.807, 2.05) is 0 Å². The molecule has 6 heteroatoms. The van der Waals surface area contributed by atoms with E-state index in [9.17, 15) is 20.1 Å². The number of aromatic hydroxyl groups is 1. The summed E-state index contributed by atoms with van der Waals surface area (Å²) in [5.74, 6) is -1.11. The molecule has 1 rings (SSSR count). The van der Waals surface area contributed by atoms with Crippen LogP contribution in [0.3, 0.4) is 0 Å². The van der Waals surface area contributed by atoms with Crippen LogP contribution in [0.5, 0.6) is 5.75 Å². The highest BCUT2D eigenvalue weighted by Gasteiger charge is 2.25. The smallest absolute Gasteiger partial charge is 0.249 e. The summed E-state index contributed by atoms with van der Waals surface area (Å²) in [4.78, 5) is 10.6.